The van der Waals surface area contributed by atoms with Gasteiger partial charge in [-0.1, -0.05) is 35.9 Å². The Morgan fingerprint density at radius 3 is 2.66 bits per heavy atom. The number of carboxylic acids is 1. The summed E-state index contributed by atoms with van der Waals surface area (Å²) in [6.45, 7) is 2.72. The lowest BCUT2D eigenvalue weighted by atomic mass is 9.86. The maximum atomic E-state index is 13.9. The van der Waals surface area contributed by atoms with Crippen LogP contribution in [-0.4, -0.2) is 34.0 Å². The monoisotopic (exact) mass is 430 g/mol. The molecule has 1 aromatic heterocycles. The van der Waals surface area contributed by atoms with Crippen LogP contribution in [0.2, 0.25) is 0 Å². The van der Waals surface area contributed by atoms with Crippen molar-refractivity contribution in [1.29, 1.82) is 0 Å². The van der Waals surface area contributed by atoms with Gasteiger partial charge in [0, 0.05) is 31.3 Å². The number of carboxylic acid groups (broad SMARTS) is 1. The van der Waals surface area contributed by atoms with Gasteiger partial charge in [0.15, 0.2) is 0 Å². The maximum absolute atomic E-state index is 13.9. The number of piperidine rings is 1. The zero-order chi connectivity index (χ0) is 22.1. The maximum Gasteiger partial charge on any atom is 0.354 e. The first-order chi connectivity index (χ1) is 15.6. The van der Waals surface area contributed by atoms with Gasteiger partial charge in [-0.3, -0.25) is 4.90 Å². The summed E-state index contributed by atoms with van der Waals surface area (Å²) in [7, 11) is 0. The number of hydrogen-bond acceptors (Lipinski definition) is 4. The Labute approximate surface area is 185 Å². The van der Waals surface area contributed by atoms with Gasteiger partial charge >= 0.3 is 5.97 Å². The molecule has 3 aromatic rings. The Balaban J connectivity index is 1.44. The van der Waals surface area contributed by atoms with Crippen LogP contribution in [0, 0.1) is 5.82 Å². The third-order valence-corrected chi connectivity index (χ3v) is 6.11. The van der Waals surface area contributed by atoms with E-state index >= 15 is 0 Å². The molecule has 0 amide bonds. The number of fused-ring (bicyclic) bond motifs is 2. The Morgan fingerprint density at radius 1 is 1.03 bits per heavy atom. The lowest BCUT2D eigenvalue weighted by Gasteiger charge is -2.30. The molecule has 0 bridgehead atoms. The predicted octanol–water partition coefficient (Wildman–Crippen LogP) is 4.91. The van der Waals surface area contributed by atoms with E-state index in [1.165, 1.54) is 23.8 Å². The zero-order valence-corrected chi connectivity index (χ0v) is 17.6. The summed E-state index contributed by atoms with van der Waals surface area (Å²) in [5.41, 5.74) is 6.51. The smallest absolute Gasteiger partial charge is 0.354 e. The molecule has 0 atom stereocenters. The Kier molecular flexibility index (Phi) is 5.45. The third-order valence-electron chi connectivity index (χ3n) is 6.11. The molecule has 162 valence electrons. The fourth-order valence-electron chi connectivity index (χ4n) is 4.54. The minimum atomic E-state index is -1.01. The van der Waals surface area contributed by atoms with Crippen LogP contribution in [0.4, 0.5) is 4.39 Å². The molecule has 0 saturated carbocycles. The number of ether oxygens (including phenoxy) is 1. The zero-order valence-electron chi connectivity index (χ0n) is 17.6. The number of rotatable bonds is 3. The highest BCUT2D eigenvalue weighted by atomic mass is 19.1. The molecule has 2 aromatic carbocycles. The molecule has 1 fully saturated rings. The van der Waals surface area contributed by atoms with E-state index in [0.717, 1.165) is 53.9 Å². The van der Waals surface area contributed by atoms with Crippen molar-refractivity contribution < 1.29 is 19.0 Å². The Bertz CT molecular complexity index is 1210. The average Bonchev–Trinajstić information content (AvgIpc) is 2.96. The highest BCUT2D eigenvalue weighted by Gasteiger charge is 2.25. The van der Waals surface area contributed by atoms with Crippen molar-refractivity contribution in [2.24, 2.45) is 0 Å². The summed E-state index contributed by atoms with van der Waals surface area (Å²) in [4.78, 5) is 17.7. The van der Waals surface area contributed by atoms with Gasteiger partial charge in [0.05, 0.1) is 5.69 Å². The summed E-state index contributed by atoms with van der Waals surface area (Å²) >= 11 is 0. The highest BCUT2D eigenvalue weighted by molar-refractivity contribution is 5.87. The fraction of sp³-hybridized carbons (Fsp3) is 0.231. The van der Waals surface area contributed by atoms with E-state index in [1.54, 1.807) is 6.07 Å². The van der Waals surface area contributed by atoms with Gasteiger partial charge in [-0.15, -0.1) is 0 Å². The first kappa shape index (κ1) is 20.4. The van der Waals surface area contributed by atoms with Crippen LogP contribution >= 0.6 is 0 Å². The van der Waals surface area contributed by atoms with Crippen LogP contribution in [0.25, 0.3) is 5.57 Å². The van der Waals surface area contributed by atoms with Gasteiger partial charge in [-0.25, -0.2) is 14.2 Å². The molecule has 2 aliphatic rings. The second-order valence-corrected chi connectivity index (χ2v) is 8.16. The number of nitrogens with zero attached hydrogens (tertiary/aromatic N) is 2. The van der Waals surface area contributed by atoms with E-state index in [0.29, 0.717) is 18.9 Å². The fourth-order valence-corrected chi connectivity index (χ4v) is 4.54. The van der Waals surface area contributed by atoms with Crippen molar-refractivity contribution in [3.05, 3.63) is 100 Å². The summed E-state index contributed by atoms with van der Waals surface area (Å²) in [6.07, 6.45) is 1.75. The van der Waals surface area contributed by atoms with E-state index in [4.69, 9.17) is 4.74 Å². The van der Waals surface area contributed by atoms with Crippen molar-refractivity contribution in [3.63, 3.8) is 0 Å². The lowest BCUT2D eigenvalue weighted by molar-refractivity contribution is 0.0690. The molecular formula is C26H23FN2O3. The first-order valence-corrected chi connectivity index (χ1v) is 10.7. The predicted molar refractivity (Wildman–Crippen MR) is 119 cm³/mol. The summed E-state index contributed by atoms with van der Waals surface area (Å²) in [5, 5.41) is 9.18. The number of halogens is 1. The number of pyridine rings is 1. The van der Waals surface area contributed by atoms with Gasteiger partial charge in [-0.05, 0) is 53.8 Å². The van der Waals surface area contributed by atoms with Gasteiger partial charge in [-0.2, -0.15) is 0 Å². The van der Waals surface area contributed by atoms with Crippen molar-refractivity contribution in [1.82, 2.24) is 9.88 Å². The second-order valence-electron chi connectivity index (χ2n) is 8.16. The number of carbonyl (C=O) groups is 1. The second kappa shape index (κ2) is 8.55. The topological polar surface area (TPSA) is 62.7 Å². The van der Waals surface area contributed by atoms with Gasteiger partial charge in [0.1, 0.15) is 23.9 Å². The van der Waals surface area contributed by atoms with Crippen molar-refractivity contribution >= 4 is 11.5 Å². The summed E-state index contributed by atoms with van der Waals surface area (Å²) < 4.78 is 19.9. The van der Waals surface area contributed by atoms with Crippen LogP contribution in [0.15, 0.2) is 66.2 Å². The van der Waals surface area contributed by atoms with Crippen molar-refractivity contribution in [2.75, 3.05) is 13.1 Å². The molecule has 0 unspecified atom stereocenters. The molecule has 1 N–H and O–H groups in total. The molecule has 5 nitrogen and oxygen atoms in total. The highest BCUT2D eigenvalue weighted by Crippen LogP contribution is 2.41. The third kappa shape index (κ3) is 4.01. The van der Waals surface area contributed by atoms with Crippen molar-refractivity contribution in [2.45, 2.75) is 26.0 Å². The molecule has 6 heteroatoms. The summed E-state index contributed by atoms with van der Waals surface area (Å²) in [5.74, 6) is -0.729. The van der Waals surface area contributed by atoms with Crippen LogP contribution in [0.3, 0.4) is 0 Å². The number of likely N-dealkylation sites (tertiary alicyclic amines) is 1. The number of aromatic nitrogens is 1. The molecule has 32 heavy (non-hydrogen) atoms. The van der Waals surface area contributed by atoms with Crippen molar-refractivity contribution in [3.8, 4) is 5.75 Å². The molecular weight excluding hydrogens is 407 g/mol. The lowest BCUT2D eigenvalue weighted by Crippen LogP contribution is -2.31. The van der Waals surface area contributed by atoms with Crippen LogP contribution in [0.5, 0.6) is 5.75 Å². The number of benzene rings is 2. The SMILES string of the molecule is O=C(O)c1cccc(CN2CCC(=C3c4ccccc4COc4cc(F)ccc43)CC2)n1. The molecule has 0 spiro atoms. The van der Waals surface area contributed by atoms with Crippen LogP contribution in [-0.2, 0) is 13.2 Å². The average molecular weight is 430 g/mol. The number of aromatic carboxylic acids is 1. The summed E-state index contributed by atoms with van der Waals surface area (Å²) in [6, 6.07) is 18.1. The minimum Gasteiger partial charge on any atom is -0.488 e. The number of hydrogen-bond donors (Lipinski definition) is 1. The van der Waals surface area contributed by atoms with Gasteiger partial charge in [0.2, 0.25) is 0 Å². The molecule has 2 aliphatic heterocycles. The van der Waals surface area contributed by atoms with E-state index in [1.807, 2.05) is 24.3 Å². The largest absolute Gasteiger partial charge is 0.488 e. The van der Waals surface area contributed by atoms with Gasteiger partial charge in [0.25, 0.3) is 0 Å². The van der Waals surface area contributed by atoms with Crippen LogP contribution < -0.4 is 4.74 Å². The van der Waals surface area contributed by atoms with Gasteiger partial charge < -0.3 is 9.84 Å². The minimum absolute atomic E-state index is 0.0706. The Morgan fingerprint density at radius 2 is 1.84 bits per heavy atom. The van der Waals surface area contributed by atoms with E-state index in [2.05, 4.69) is 22.0 Å². The molecule has 0 radical (unpaired) electrons. The van der Waals surface area contributed by atoms with E-state index < -0.39 is 5.97 Å². The molecule has 0 aliphatic carbocycles. The quantitative estimate of drug-likeness (QED) is 0.640. The molecule has 1 saturated heterocycles. The van der Waals surface area contributed by atoms with E-state index in [-0.39, 0.29) is 11.5 Å². The molecule has 5 rings (SSSR count). The van der Waals surface area contributed by atoms with Crippen LogP contribution in [0.1, 0.15) is 45.7 Å². The molecule has 3 heterocycles. The standard InChI is InChI=1S/C26H23FN2O3/c27-19-8-9-22-24(14-19)32-16-18-4-1-2-6-21(18)25(22)17-10-12-29(13-11-17)15-20-5-3-7-23(28-20)26(30)31/h1-9,14H,10-13,15-16H2,(H,30,31). The normalized spacial score (nSPS) is 16.0. The Hall–Kier alpha value is -3.51. The first-order valence-electron chi connectivity index (χ1n) is 10.7. The van der Waals surface area contributed by atoms with E-state index in [9.17, 15) is 14.3 Å².